The van der Waals surface area contributed by atoms with Crippen LogP contribution in [0, 0.1) is 0 Å². The Hall–Kier alpha value is -0.280. The molecule has 1 aliphatic rings. The summed E-state index contributed by atoms with van der Waals surface area (Å²) in [7, 11) is 0. The molecule has 0 spiro atoms. The average Bonchev–Trinajstić information content (AvgIpc) is 2.31. The molecule has 1 fully saturated rings. The van der Waals surface area contributed by atoms with Crippen molar-refractivity contribution in [2.24, 2.45) is 0 Å². The number of benzene rings is 1. The summed E-state index contributed by atoms with van der Waals surface area (Å²) in [5, 5.41) is 0.773. The van der Waals surface area contributed by atoms with Crippen molar-refractivity contribution in [1.82, 2.24) is 4.90 Å². The van der Waals surface area contributed by atoms with Crippen LogP contribution in [-0.4, -0.2) is 37.7 Å². The SMILES string of the molecule is Clc1ccc(C(Cl)CN2CCOCC2)cc1. The Kier molecular flexibility index (Phi) is 4.47. The Balaban J connectivity index is 1.91. The first-order valence-electron chi connectivity index (χ1n) is 5.45. The second-order valence-electron chi connectivity index (χ2n) is 3.93. The molecule has 0 amide bonds. The first-order chi connectivity index (χ1) is 7.75. The van der Waals surface area contributed by atoms with E-state index in [-0.39, 0.29) is 5.38 Å². The zero-order chi connectivity index (χ0) is 11.4. The number of alkyl halides is 1. The third kappa shape index (κ3) is 3.36. The van der Waals surface area contributed by atoms with Gasteiger partial charge in [0.25, 0.3) is 0 Å². The van der Waals surface area contributed by atoms with Crippen LogP contribution in [0.2, 0.25) is 5.02 Å². The van der Waals surface area contributed by atoms with Gasteiger partial charge in [-0.05, 0) is 17.7 Å². The van der Waals surface area contributed by atoms with Crippen LogP contribution in [0.4, 0.5) is 0 Å². The first kappa shape index (κ1) is 12.2. The zero-order valence-electron chi connectivity index (χ0n) is 9.03. The van der Waals surface area contributed by atoms with Gasteiger partial charge in [-0.15, -0.1) is 11.6 Å². The highest BCUT2D eigenvalue weighted by Gasteiger charge is 2.16. The van der Waals surface area contributed by atoms with E-state index >= 15 is 0 Å². The van der Waals surface area contributed by atoms with E-state index in [9.17, 15) is 0 Å². The van der Waals surface area contributed by atoms with E-state index in [2.05, 4.69) is 4.90 Å². The second kappa shape index (κ2) is 5.87. The lowest BCUT2D eigenvalue weighted by atomic mass is 10.1. The van der Waals surface area contributed by atoms with E-state index in [0.29, 0.717) is 0 Å². The van der Waals surface area contributed by atoms with E-state index in [4.69, 9.17) is 27.9 Å². The van der Waals surface area contributed by atoms with Gasteiger partial charge in [-0.2, -0.15) is 0 Å². The molecule has 1 atom stereocenters. The van der Waals surface area contributed by atoms with Crippen LogP contribution >= 0.6 is 23.2 Å². The van der Waals surface area contributed by atoms with Crippen LogP contribution in [0.25, 0.3) is 0 Å². The van der Waals surface area contributed by atoms with Gasteiger partial charge in [-0.3, -0.25) is 4.90 Å². The predicted octanol–water partition coefficient (Wildman–Crippen LogP) is 2.95. The van der Waals surface area contributed by atoms with Crippen molar-refractivity contribution in [3.63, 3.8) is 0 Å². The third-order valence-electron chi connectivity index (χ3n) is 2.75. The fourth-order valence-corrected chi connectivity index (χ4v) is 2.25. The minimum atomic E-state index is 0.0235. The van der Waals surface area contributed by atoms with Gasteiger partial charge in [0.05, 0.1) is 18.6 Å². The maximum atomic E-state index is 6.37. The second-order valence-corrected chi connectivity index (χ2v) is 4.90. The molecular weight excluding hydrogens is 245 g/mol. The van der Waals surface area contributed by atoms with Gasteiger partial charge in [0.1, 0.15) is 0 Å². The van der Waals surface area contributed by atoms with Crippen LogP contribution < -0.4 is 0 Å². The molecular formula is C12H15Cl2NO. The molecule has 16 heavy (non-hydrogen) atoms. The summed E-state index contributed by atoms with van der Waals surface area (Å²) >= 11 is 12.2. The molecule has 4 heteroatoms. The number of halogens is 2. The summed E-state index contributed by atoms with van der Waals surface area (Å²) in [6.07, 6.45) is 0. The first-order valence-corrected chi connectivity index (χ1v) is 6.27. The molecule has 1 aromatic rings. The highest BCUT2D eigenvalue weighted by atomic mass is 35.5. The normalized spacial score (nSPS) is 19.6. The largest absolute Gasteiger partial charge is 0.379 e. The lowest BCUT2D eigenvalue weighted by Crippen LogP contribution is -2.38. The molecule has 1 heterocycles. The zero-order valence-corrected chi connectivity index (χ0v) is 10.5. The predicted molar refractivity (Wildman–Crippen MR) is 67.3 cm³/mol. The standard InChI is InChI=1S/C12H15Cl2NO/c13-11-3-1-10(2-4-11)12(14)9-15-5-7-16-8-6-15/h1-4,12H,5-9H2. The summed E-state index contributed by atoms with van der Waals surface area (Å²) in [5.74, 6) is 0. The van der Waals surface area contributed by atoms with Crippen LogP contribution in [0.5, 0.6) is 0 Å². The Morgan fingerprint density at radius 3 is 2.44 bits per heavy atom. The molecule has 0 aliphatic carbocycles. The Bertz CT molecular complexity index is 322. The monoisotopic (exact) mass is 259 g/mol. The van der Waals surface area contributed by atoms with Crippen LogP contribution in [0.3, 0.4) is 0 Å². The maximum Gasteiger partial charge on any atom is 0.0712 e. The van der Waals surface area contributed by atoms with E-state index in [1.807, 2.05) is 24.3 Å². The van der Waals surface area contributed by atoms with Crippen molar-refractivity contribution in [2.45, 2.75) is 5.38 Å². The molecule has 0 radical (unpaired) electrons. The molecule has 0 saturated carbocycles. The third-order valence-corrected chi connectivity index (χ3v) is 3.40. The minimum absolute atomic E-state index is 0.0235. The number of hydrogen-bond acceptors (Lipinski definition) is 2. The van der Waals surface area contributed by atoms with Crippen molar-refractivity contribution >= 4 is 23.2 Å². The van der Waals surface area contributed by atoms with Crippen LogP contribution in [0.1, 0.15) is 10.9 Å². The summed E-state index contributed by atoms with van der Waals surface area (Å²) in [6, 6.07) is 7.73. The van der Waals surface area contributed by atoms with Crippen LogP contribution in [0.15, 0.2) is 24.3 Å². The van der Waals surface area contributed by atoms with Gasteiger partial charge >= 0.3 is 0 Å². The summed E-state index contributed by atoms with van der Waals surface area (Å²) in [5.41, 5.74) is 1.12. The van der Waals surface area contributed by atoms with Crippen molar-refractivity contribution < 1.29 is 4.74 Å². The van der Waals surface area contributed by atoms with Gasteiger partial charge in [0.15, 0.2) is 0 Å². The Labute approximate surface area is 106 Å². The number of nitrogens with zero attached hydrogens (tertiary/aromatic N) is 1. The molecule has 1 unspecified atom stereocenters. The molecule has 2 rings (SSSR count). The molecule has 1 aliphatic heterocycles. The topological polar surface area (TPSA) is 12.5 Å². The van der Waals surface area contributed by atoms with Gasteiger partial charge < -0.3 is 4.74 Å². The highest BCUT2D eigenvalue weighted by Crippen LogP contribution is 2.23. The minimum Gasteiger partial charge on any atom is -0.379 e. The number of rotatable bonds is 3. The fraction of sp³-hybridized carbons (Fsp3) is 0.500. The summed E-state index contributed by atoms with van der Waals surface area (Å²) in [6.45, 7) is 4.43. The van der Waals surface area contributed by atoms with Crippen molar-refractivity contribution in [1.29, 1.82) is 0 Å². The van der Waals surface area contributed by atoms with Crippen molar-refractivity contribution in [3.05, 3.63) is 34.9 Å². The summed E-state index contributed by atoms with van der Waals surface area (Å²) in [4.78, 5) is 2.33. The van der Waals surface area contributed by atoms with Gasteiger partial charge in [-0.1, -0.05) is 23.7 Å². The number of morpholine rings is 1. The molecule has 88 valence electrons. The van der Waals surface area contributed by atoms with Gasteiger partial charge in [0, 0.05) is 24.7 Å². The lowest BCUT2D eigenvalue weighted by molar-refractivity contribution is 0.0379. The van der Waals surface area contributed by atoms with E-state index in [1.54, 1.807) is 0 Å². The van der Waals surface area contributed by atoms with E-state index < -0.39 is 0 Å². The molecule has 2 nitrogen and oxygen atoms in total. The van der Waals surface area contributed by atoms with Gasteiger partial charge in [-0.25, -0.2) is 0 Å². The molecule has 1 aromatic carbocycles. The quantitative estimate of drug-likeness (QED) is 0.775. The molecule has 1 saturated heterocycles. The fourth-order valence-electron chi connectivity index (χ4n) is 1.79. The van der Waals surface area contributed by atoms with E-state index in [0.717, 1.165) is 43.4 Å². The van der Waals surface area contributed by atoms with Gasteiger partial charge in [0.2, 0.25) is 0 Å². The van der Waals surface area contributed by atoms with Crippen molar-refractivity contribution in [2.75, 3.05) is 32.8 Å². The Morgan fingerprint density at radius 1 is 1.19 bits per heavy atom. The highest BCUT2D eigenvalue weighted by molar-refractivity contribution is 6.30. The number of hydrogen-bond donors (Lipinski definition) is 0. The molecule has 0 N–H and O–H groups in total. The maximum absolute atomic E-state index is 6.37. The van der Waals surface area contributed by atoms with Crippen molar-refractivity contribution in [3.8, 4) is 0 Å². The summed E-state index contributed by atoms with van der Waals surface area (Å²) < 4.78 is 5.30. The molecule has 0 aromatic heterocycles. The van der Waals surface area contributed by atoms with Crippen LogP contribution in [-0.2, 0) is 4.74 Å². The number of ether oxygens (including phenoxy) is 1. The van der Waals surface area contributed by atoms with E-state index in [1.165, 1.54) is 0 Å². The smallest absolute Gasteiger partial charge is 0.0712 e. The lowest BCUT2D eigenvalue weighted by Gasteiger charge is -2.28. The molecule has 0 bridgehead atoms. The Morgan fingerprint density at radius 2 is 1.81 bits per heavy atom. The average molecular weight is 260 g/mol.